The van der Waals surface area contributed by atoms with Gasteiger partial charge >= 0.3 is 5.97 Å². The number of nitrogens with one attached hydrogen (secondary N) is 1. The first kappa shape index (κ1) is 18.3. The number of benzene rings is 2. The lowest BCUT2D eigenvalue weighted by Gasteiger charge is -2.15. The molecule has 0 radical (unpaired) electrons. The first-order chi connectivity index (χ1) is 11.9. The lowest BCUT2D eigenvalue weighted by atomic mass is 10.1. The number of rotatable bonds is 5. The fraction of sp³-hybridized carbons (Fsp3) is 0.167. The number of hydrogen-bond donors (Lipinski definition) is 1. The lowest BCUT2D eigenvalue weighted by molar-refractivity contribution is -0.123. The largest absolute Gasteiger partial charge is 0.495 e. The number of nitriles is 1. The van der Waals surface area contributed by atoms with Gasteiger partial charge < -0.3 is 14.8 Å². The number of amides is 1. The molecule has 1 N–H and O–H groups in total. The molecule has 7 heteroatoms. The van der Waals surface area contributed by atoms with Gasteiger partial charge in [0.15, 0.2) is 6.10 Å². The summed E-state index contributed by atoms with van der Waals surface area (Å²) in [6.07, 6.45) is -1.04. The third-order valence-electron chi connectivity index (χ3n) is 3.32. The maximum atomic E-state index is 12.2. The topological polar surface area (TPSA) is 88.4 Å². The predicted octanol–water partition coefficient (Wildman–Crippen LogP) is 3.40. The molecule has 0 fully saturated rings. The summed E-state index contributed by atoms with van der Waals surface area (Å²) in [6.45, 7) is 1.45. The van der Waals surface area contributed by atoms with Crippen molar-refractivity contribution in [2.75, 3.05) is 12.4 Å². The normalized spacial score (nSPS) is 11.1. The zero-order valence-electron chi connectivity index (χ0n) is 13.6. The summed E-state index contributed by atoms with van der Waals surface area (Å²) in [4.78, 5) is 24.3. The Labute approximate surface area is 149 Å². The van der Waals surface area contributed by atoms with Crippen LogP contribution in [0.4, 0.5) is 5.69 Å². The molecule has 6 nitrogen and oxygen atoms in total. The second-order valence-corrected chi connectivity index (χ2v) is 5.51. The molecule has 2 rings (SSSR count). The van der Waals surface area contributed by atoms with Gasteiger partial charge in [0.25, 0.3) is 5.91 Å². The van der Waals surface area contributed by atoms with E-state index in [0.717, 1.165) is 0 Å². The molecule has 0 bridgehead atoms. The maximum absolute atomic E-state index is 12.2. The second kappa shape index (κ2) is 8.18. The Morgan fingerprint density at radius 2 is 1.88 bits per heavy atom. The van der Waals surface area contributed by atoms with Gasteiger partial charge in [-0.2, -0.15) is 5.26 Å². The minimum absolute atomic E-state index is 0.249. The van der Waals surface area contributed by atoms with E-state index in [1.165, 1.54) is 44.4 Å². The van der Waals surface area contributed by atoms with Crippen molar-refractivity contribution in [3.05, 3.63) is 58.6 Å². The van der Waals surface area contributed by atoms with Crippen LogP contribution in [0.5, 0.6) is 5.75 Å². The van der Waals surface area contributed by atoms with Crippen LogP contribution in [0.3, 0.4) is 0 Å². The minimum Gasteiger partial charge on any atom is -0.495 e. The van der Waals surface area contributed by atoms with Crippen LogP contribution in [0.1, 0.15) is 22.8 Å². The summed E-state index contributed by atoms with van der Waals surface area (Å²) in [5, 5.41) is 11.8. The molecule has 0 aliphatic heterocycles. The number of carbonyl (C=O) groups is 2. The molecule has 0 spiro atoms. The zero-order valence-corrected chi connectivity index (χ0v) is 14.3. The van der Waals surface area contributed by atoms with E-state index in [0.29, 0.717) is 22.0 Å². The van der Waals surface area contributed by atoms with Crippen LogP contribution in [0.15, 0.2) is 42.5 Å². The summed E-state index contributed by atoms with van der Waals surface area (Å²) in [6, 6.07) is 12.7. The van der Waals surface area contributed by atoms with E-state index in [9.17, 15) is 9.59 Å². The van der Waals surface area contributed by atoms with Gasteiger partial charge in [-0.25, -0.2) is 4.79 Å². The van der Waals surface area contributed by atoms with Crippen molar-refractivity contribution in [3.63, 3.8) is 0 Å². The Morgan fingerprint density at radius 3 is 2.48 bits per heavy atom. The highest BCUT2D eigenvalue weighted by Crippen LogP contribution is 2.27. The molecular formula is C18H15ClN2O4. The highest BCUT2D eigenvalue weighted by Gasteiger charge is 2.20. The fourth-order valence-electron chi connectivity index (χ4n) is 1.98. The SMILES string of the molecule is COc1ccc(Cl)cc1NC(=O)[C@H](C)OC(=O)c1ccc(C#N)cc1. The van der Waals surface area contributed by atoms with Crippen LogP contribution >= 0.6 is 11.6 Å². The van der Waals surface area contributed by atoms with E-state index in [4.69, 9.17) is 26.3 Å². The van der Waals surface area contributed by atoms with E-state index < -0.39 is 18.0 Å². The second-order valence-electron chi connectivity index (χ2n) is 5.07. The number of ether oxygens (including phenoxy) is 2. The van der Waals surface area contributed by atoms with Gasteiger partial charge in [0, 0.05) is 5.02 Å². The number of hydrogen-bond acceptors (Lipinski definition) is 5. The van der Waals surface area contributed by atoms with E-state index in [-0.39, 0.29) is 5.56 Å². The van der Waals surface area contributed by atoms with E-state index in [2.05, 4.69) is 5.32 Å². The molecule has 0 aromatic heterocycles. The van der Waals surface area contributed by atoms with Crippen molar-refractivity contribution in [1.29, 1.82) is 5.26 Å². The summed E-state index contributed by atoms with van der Waals surface area (Å²) in [7, 11) is 1.47. The minimum atomic E-state index is -1.04. The molecule has 1 atom stereocenters. The van der Waals surface area contributed by atoms with Crippen molar-refractivity contribution in [3.8, 4) is 11.8 Å². The Kier molecular flexibility index (Phi) is 5.98. The van der Waals surface area contributed by atoms with Gasteiger partial charge in [-0.15, -0.1) is 0 Å². The van der Waals surface area contributed by atoms with Crippen LogP contribution in [0.25, 0.3) is 0 Å². The monoisotopic (exact) mass is 358 g/mol. The standard InChI is InChI=1S/C18H15ClN2O4/c1-11(25-18(23)13-5-3-12(10-20)4-6-13)17(22)21-15-9-14(19)7-8-16(15)24-2/h3-9,11H,1-2H3,(H,21,22)/t11-/m0/s1. The summed E-state index contributed by atoms with van der Waals surface area (Å²) < 4.78 is 10.3. The molecular weight excluding hydrogens is 344 g/mol. The van der Waals surface area contributed by atoms with Crippen molar-refractivity contribution >= 4 is 29.2 Å². The van der Waals surface area contributed by atoms with Crippen LogP contribution in [0.2, 0.25) is 5.02 Å². The number of nitrogens with zero attached hydrogens (tertiary/aromatic N) is 1. The van der Waals surface area contributed by atoms with Crippen molar-refractivity contribution < 1.29 is 19.1 Å². The fourth-order valence-corrected chi connectivity index (χ4v) is 2.15. The van der Waals surface area contributed by atoms with Crippen LogP contribution in [0, 0.1) is 11.3 Å². The molecule has 0 saturated carbocycles. The molecule has 0 saturated heterocycles. The average Bonchev–Trinajstić information content (AvgIpc) is 2.61. The number of halogens is 1. The molecule has 2 aromatic carbocycles. The van der Waals surface area contributed by atoms with E-state index in [1.54, 1.807) is 12.1 Å². The summed E-state index contributed by atoms with van der Waals surface area (Å²) in [5.41, 5.74) is 1.05. The van der Waals surface area contributed by atoms with Crippen molar-refractivity contribution in [2.24, 2.45) is 0 Å². The van der Waals surface area contributed by atoms with Crippen LogP contribution in [-0.2, 0) is 9.53 Å². The number of methoxy groups -OCH3 is 1. The van der Waals surface area contributed by atoms with E-state index >= 15 is 0 Å². The van der Waals surface area contributed by atoms with Gasteiger partial charge in [-0.3, -0.25) is 4.79 Å². The molecule has 128 valence electrons. The first-order valence-electron chi connectivity index (χ1n) is 7.30. The molecule has 0 aliphatic rings. The highest BCUT2D eigenvalue weighted by atomic mass is 35.5. The number of anilines is 1. The Hall–Kier alpha value is -3.04. The quantitative estimate of drug-likeness (QED) is 0.827. The van der Waals surface area contributed by atoms with Crippen LogP contribution in [-0.4, -0.2) is 25.1 Å². The molecule has 1 amide bonds. The van der Waals surface area contributed by atoms with Crippen LogP contribution < -0.4 is 10.1 Å². The predicted molar refractivity (Wildman–Crippen MR) is 92.7 cm³/mol. The van der Waals surface area contributed by atoms with E-state index in [1.807, 2.05) is 6.07 Å². The summed E-state index contributed by atoms with van der Waals surface area (Å²) >= 11 is 5.91. The van der Waals surface area contributed by atoms with Gasteiger partial charge in [0.2, 0.25) is 0 Å². The zero-order chi connectivity index (χ0) is 18.4. The molecule has 0 unspecified atom stereocenters. The number of carbonyl (C=O) groups excluding carboxylic acids is 2. The highest BCUT2D eigenvalue weighted by molar-refractivity contribution is 6.31. The maximum Gasteiger partial charge on any atom is 0.338 e. The van der Waals surface area contributed by atoms with Gasteiger partial charge in [0.05, 0.1) is 30.0 Å². The Morgan fingerprint density at radius 1 is 1.20 bits per heavy atom. The van der Waals surface area contributed by atoms with Gasteiger partial charge in [-0.1, -0.05) is 11.6 Å². The lowest BCUT2D eigenvalue weighted by Crippen LogP contribution is -2.30. The van der Waals surface area contributed by atoms with Crippen molar-refractivity contribution in [1.82, 2.24) is 0 Å². The Balaban J connectivity index is 2.03. The molecule has 0 aliphatic carbocycles. The number of esters is 1. The smallest absolute Gasteiger partial charge is 0.338 e. The average molecular weight is 359 g/mol. The molecule has 2 aromatic rings. The Bertz CT molecular complexity index is 828. The first-order valence-corrected chi connectivity index (χ1v) is 7.68. The van der Waals surface area contributed by atoms with Crippen molar-refractivity contribution in [2.45, 2.75) is 13.0 Å². The van der Waals surface area contributed by atoms with Gasteiger partial charge in [-0.05, 0) is 49.4 Å². The molecule has 0 heterocycles. The third kappa shape index (κ3) is 4.72. The molecule has 25 heavy (non-hydrogen) atoms. The third-order valence-corrected chi connectivity index (χ3v) is 3.56. The summed E-state index contributed by atoms with van der Waals surface area (Å²) in [5.74, 6) is -0.754. The van der Waals surface area contributed by atoms with Gasteiger partial charge in [0.1, 0.15) is 5.75 Å².